The van der Waals surface area contributed by atoms with Crippen molar-refractivity contribution in [1.82, 2.24) is 0 Å². The minimum atomic E-state index is -0.345. The first-order chi connectivity index (χ1) is 7.38. The second-order valence-corrected chi connectivity index (χ2v) is 5.39. The molecule has 1 heteroatoms. The van der Waals surface area contributed by atoms with Crippen LogP contribution in [0.15, 0.2) is 36.4 Å². The van der Waals surface area contributed by atoms with Crippen LogP contribution < -0.4 is 0 Å². The Morgan fingerprint density at radius 1 is 1.00 bits per heavy atom. The van der Waals surface area contributed by atoms with Gasteiger partial charge in [-0.15, -0.1) is 0 Å². The Labute approximate surface area is 97.2 Å². The Morgan fingerprint density at radius 2 is 1.56 bits per heavy atom. The van der Waals surface area contributed by atoms with Crippen LogP contribution in [0, 0.1) is 12.3 Å². The molecule has 0 fully saturated rings. The summed E-state index contributed by atoms with van der Waals surface area (Å²) >= 11 is 0. The third-order valence-electron chi connectivity index (χ3n) is 4.13. The smallest absolute Gasteiger partial charge is 0.162 e. The topological polar surface area (TPSA) is 17.1 Å². The Morgan fingerprint density at radius 3 is 2.00 bits per heavy atom. The third kappa shape index (κ3) is 1.35. The van der Waals surface area contributed by atoms with E-state index in [0.717, 1.165) is 0 Å². The van der Waals surface area contributed by atoms with Gasteiger partial charge in [0.25, 0.3) is 0 Å². The average Bonchev–Trinajstić information content (AvgIpc) is 2.44. The highest BCUT2D eigenvalue weighted by Gasteiger charge is 2.48. The van der Waals surface area contributed by atoms with Crippen molar-refractivity contribution in [3.8, 4) is 0 Å². The highest BCUT2D eigenvalue weighted by Crippen LogP contribution is 2.47. The van der Waals surface area contributed by atoms with Crippen LogP contribution in [-0.2, 0) is 10.2 Å². The number of rotatable bonds is 1. The summed E-state index contributed by atoms with van der Waals surface area (Å²) in [5, 5.41) is 0. The first-order valence-electron chi connectivity index (χ1n) is 5.69. The molecule has 0 saturated carbocycles. The van der Waals surface area contributed by atoms with Gasteiger partial charge in [0.1, 0.15) is 0 Å². The second-order valence-electron chi connectivity index (χ2n) is 5.39. The van der Waals surface area contributed by atoms with Crippen LogP contribution in [0.5, 0.6) is 0 Å². The van der Waals surface area contributed by atoms with Crippen LogP contribution in [0.4, 0.5) is 0 Å². The van der Waals surface area contributed by atoms with Gasteiger partial charge in [-0.05, 0) is 18.6 Å². The molecule has 1 unspecified atom stereocenters. The van der Waals surface area contributed by atoms with E-state index >= 15 is 0 Å². The lowest BCUT2D eigenvalue weighted by Crippen LogP contribution is -2.38. The zero-order chi connectivity index (χ0) is 12.0. The van der Waals surface area contributed by atoms with Crippen LogP contribution in [0.2, 0.25) is 0 Å². The first kappa shape index (κ1) is 11.1. The van der Waals surface area contributed by atoms with E-state index < -0.39 is 0 Å². The van der Waals surface area contributed by atoms with Crippen molar-refractivity contribution < 1.29 is 4.79 Å². The molecule has 0 amide bonds. The van der Waals surface area contributed by atoms with Crippen LogP contribution in [0.25, 0.3) is 0 Å². The fourth-order valence-corrected chi connectivity index (χ4v) is 2.27. The average molecular weight is 214 g/mol. The van der Waals surface area contributed by atoms with Gasteiger partial charge in [0, 0.05) is 10.8 Å². The van der Waals surface area contributed by atoms with Crippen molar-refractivity contribution >= 4 is 5.78 Å². The minimum absolute atomic E-state index is 0.183. The summed E-state index contributed by atoms with van der Waals surface area (Å²) in [6.45, 7) is 8.26. The number of ketones is 1. The normalized spacial score (nSPS) is 27.4. The SMILES string of the molecule is Cc1ccc(C2(C)C=CC(=O)C2(C)C)cc1. The van der Waals surface area contributed by atoms with E-state index in [1.165, 1.54) is 11.1 Å². The van der Waals surface area contributed by atoms with Gasteiger partial charge >= 0.3 is 0 Å². The molecule has 2 rings (SSSR count). The van der Waals surface area contributed by atoms with E-state index in [2.05, 4.69) is 38.1 Å². The molecule has 0 N–H and O–H groups in total. The van der Waals surface area contributed by atoms with E-state index in [1.54, 1.807) is 6.08 Å². The minimum Gasteiger partial charge on any atom is -0.294 e. The van der Waals surface area contributed by atoms with E-state index in [4.69, 9.17) is 0 Å². The Bertz CT molecular complexity index is 451. The van der Waals surface area contributed by atoms with Gasteiger partial charge in [0.15, 0.2) is 5.78 Å². The van der Waals surface area contributed by atoms with Gasteiger partial charge in [-0.25, -0.2) is 0 Å². The molecule has 0 heterocycles. The summed E-state index contributed by atoms with van der Waals surface area (Å²) in [5.74, 6) is 0.218. The van der Waals surface area contributed by atoms with Crippen molar-refractivity contribution in [2.45, 2.75) is 33.1 Å². The van der Waals surface area contributed by atoms with E-state index in [-0.39, 0.29) is 16.6 Å². The number of allylic oxidation sites excluding steroid dienone is 2. The Hall–Kier alpha value is -1.37. The highest BCUT2D eigenvalue weighted by molar-refractivity contribution is 5.99. The maximum absolute atomic E-state index is 11.9. The molecule has 0 bridgehead atoms. The monoisotopic (exact) mass is 214 g/mol. The predicted molar refractivity (Wildman–Crippen MR) is 66.5 cm³/mol. The zero-order valence-electron chi connectivity index (χ0n) is 10.4. The van der Waals surface area contributed by atoms with E-state index in [9.17, 15) is 4.79 Å². The lowest BCUT2D eigenvalue weighted by molar-refractivity contribution is -0.123. The molecule has 1 aliphatic rings. The van der Waals surface area contributed by atoms with Crippen molar-refractivity contribution in [2.75, 3.05) is 0 Å². The molecule has 0 spiro atoms. The number of benzene rings is 1. The van der Waals surface area contributed by atoms with Gasteiger partial charge in [0.2, 0.25) is 0 Å². The number of carbonyl (C=O) groups excluding carboxylic acids is 1. The molecule has 0 aliphatic heterocycles. The molecule has 1 aromatic rings. The maximum Gasteiger partial charge on any atom is 0.162 e. The summed E-state index contributed by atoms with van der Waals surface area (Å²) in [7, 11) is 0. The fourth-order valence-electron chi connectivity index (χ4n) is 2.27. The number of hydrogen-bond donors (Lipinski definition) is 0. The molecule has 1 atom stereocenters. The van der Waals surface area contributed by atoms with Gasteiger partial charge in [-0.1, -0.05) is 56.7 Å². The maximum atomic E-state index is 11.9. The van der Waals surface area contributed by atoms with Gasteiger partial charge < -0.3 is 0 Å². The lowest BCUT2D eigenvalue weighted by atomic mass is 9.65. The standard InChI is InChI=1S/C15H18O/c1-11-5-7-12(8-6-11)15(4)10-9-13(16)14(15,2)3/h5-10H,1-4H3. The Kier molecular flexibility index (Phi) is 2.30. The number of carbonyl (C=O) groups is 1. The molecular weight excluding hydrogens is 196 g/mol. The Balaban J connectivity index is 2.51. The number of aryl methyl sites for hydroxylation is 1. The highest BCUT2D eigenvalue weighted by atomic mass is 16.1. The van der Waals surface area contributed by atoms with Gasteiger partial charge in [-0.3, -0.25) is 4.79 Å². The fraction of sp³-hybridized carbons (Fsp3) is 0.400. The summed E-state index contributed by atoms with van der Waals surface area (Å²) < 4.78 is 0. The molecular formula is C15H18O. The van der Waals surface area contributed by atoms with Crippen molar-refractivity contribution in [1.29, 1.82) is 0 Å². The molecule has 1 aliphatic carbocycles. The molecule has 1 nitrogen and oxygen atoms in total. The second kappa shape index (κ2) is 3.31. The van der Waals surface area contributed by atoms with Crippen LogP contribution in [0.1, 0.15) is 31.9 Å². The molecule has 1 aromatic carbocycles. The van der Waals surface area contributed by atoms with E-state index in [1.807, 2.05) is 19.9 Å². The quantitative estimate of drug-likeness (QED) is 0.700. The van der Waals surface area contributed by atoms with Gasteiger partial charge in [-0.2, -0.15) is 0 Å². The van der Waals surface area contributed by atoms with Crippen LogP contribution >= 0.6 is 0 Å². The molecule has 0 saturated heterocycles. The van der Waals surface area contributed by atoms with Crippen molar-refractivity contribution in [2.24, 2.45) is 5.41 Å². The zero-order valence-corrected chi connectivity index (χ0v) is 10.4. The number of hydrogen-bond acceptors (Lipinski definition) is 1. The van der Waals surface area contributed by atoms with E-state index in [0.29, 0.717) is 0 Å². The lowest BCUT2D eigenvalue weighted by Gasteiger charge is -2.37. The predicted octanol–water partition coefficient (Wildman–Crippen LogP) is 3.42. The van der Waals surface area contributed by atoms with Crippen molar-refractivity contribution in [3.05, 3.63) is 47.5 Å². The van der Waals surface area contributed by atoms with Crippen LogP contribution in [0.3, 0.4) is 0 Å². The van der Waals surface area contributed by atoms with Crippen molar-refractivity contribution in [3.63, 3.8) is 0 Å². The summed E-state index contributed by atoms with van der Waals surface area (Å²) in [4.78, 5) is 11.9. The molecule has 0 radical (unpaired) electrons. The first-order valence-corrected chi connectivity index (χ1v) is 5.69. The molecule has 16 heavy (non-hydrogen) atoms. The third-order valence-corrected chi connectivity index (χ3v) is 4.13. The molecule has 84 valence electrons. The summed E-state index contributed by atoms with van der Waals surface area (Å²) in [6.07, 6.45) is 3.76. The van der Waals surface area contributed by atoms with Crippen LogP contribution in [-0.4, -0.2) is 5.78 Å². The summed E-state index contributed by atoms with van der Waals surface area (Å²) in [5.41, 5.74) is 1.93. The largest absolute Gasteiger partial charge is 0.294 e. The van der Waals surface area contributed by atoms with Gasteiger partial charge in [0.05, 0.1) is 0 Å². The summed E-state index contributed by atoms with van der Waals surface area (Å²) in [6, 6.07) is 8.46. The molecule has 0 aromatic heterocycles.